The molecule has 0 unspecified atom stereocenters. The molecule has 0 bridgehead atoms. The van der Waals surface area contributed by atoms with Crippen molar-refractivity contribution in [2.24, 2.45) is 5.92 Å². The van der Waals surface area contributed by atoms with Crippen molar-refractivity contribution in [3.63, 3.8) is 0 Å². The molecule has 0 aliphatic rings. The molecule has 1 heterocycles. The summed E-state index contributed by atoms with van der Waals surface area (Å²) in [5, 5.41) is 24.5. The molecule has 0 atom stereocenters. The van der Waals surface area contributed by atoms with Crippen LogP contribution >= 0.6 is 23.7 Å². The molecule has 220 valence electrons. The van der Waals surface area contributed by atoms with E-state index in [-0.39, 0.29) is 40.7 Å². The zero-order chi connectivity index (χ0) is 30.3. The number of carboxylic acids is 2. The van der Waals surface area contributed by atoms with Gasteiger partial charge in [0.25, 0.3) is 0 Å². The summed E-state index contributed by atoms with van der Waals surface area (Å²) in [5.41, 5.74) is 5.90. The Hall–Kier alpha value is -3.34. The number of rotatable bonds is 12. The van der Waals surface area contributed by atoms with Gasteiger partial charge < -0.3 is 10.2 Å². The van der Waals surface area contributed by atoms with Crippen molar-refractivity contribution in [2.75, 3.05) is 0 Å². The Balaban J connectivity index is 0.00000442. The Kier molecular flexibility index (Phi) is 11.9. The molecule has 0 saturated carbocycles. The third kappa shape index (κ3) is 8.43. The van der Waals surface area contributed by atoms with E-state index in [1.165, 1.54) is 0 Å². The second kappa shape index (κ2) is 15.6. The number of aromatic nitrogens is 3. The molecule has 2 N–H and O–H groups in total. The van der Waals surface area contributed by atoms with E-state index >= 15 is 0 Å². The van der Waals surface area contributed by atoms with Crippen LogP contribution in [0.1, 0.15) is 51.5 Å². The van der Waals surface area contributed by atoms with Crippen molar-refractivity contribution in [3.05, 3.63) is 125 Å². The molecule has 0 aliphatic carbocycles. The number of aromatic carboxylic acids is 2. The monoisotopic (exact) mass is 633 g/mol. The van der Waals surface area contributed by atoms with Crippen LogP contribution in [0, 0.1) is 5.92 Å². The van der Waals surface area contributed by atoms with Gasteiger partial charge in [0.1, 0.15) is 5.82 Å². The summed E-state index contributed by atoms with van der Waals surface area (Å²) in [5.74, 6) is 0.859. The van der Waals surface area contributed by atoms with Crippen LogP contribution in [-0.4, -0.2) is 65.9 Å². The minimum absolute atomic E-state index is 0. The van der Waals surface area contributed by atoms with E-state index in [4.69, 9.17) is 10.1 Å². The molecule has 4 aromatic carbocycles. The number of hydrogen-bond donors (Lipinski definition) is 2. The molecule has 0 amide bonds. The predicted molar refractivity (Wildman–Crippen MR) is 180 cm³/mol. The molecule has 1 aromatic heterocycles. The SMILES string of the molecule is CC(C)Cc1nc(SCc2ccc(-c3ccccc3C(=O)O)cc2)nn1SCc1ccc(-c2ccccc2C(=O)O)cc1.[NaH]. The minimum atomic E-state index is -0.939. The molecule has 0 spiro atoms. The summed E-state index contributed by atoms with van der Waals surface area (Å²) in [6.45, 7) is 4.32. The van der Waals surface area contributed by atoms with Crippen molar-refractivity contribution < 1.29 is 19.8 Å². The van der Waals surface area contributed by atoms with Gasteiger partial charge >= 0.3 is 41.5 Å². The topological polar surface area (TPSA) is 105 Å². The molecule has 0 saturated heterocycles. The van der Waals surface area contributed by atoms with Crippen LogP contribution in [-0.2, 0) is 17.9 Å². The van der Waals surface area contributed by atoms with Gasteiger partial charge in [0, 0.05) is 17.9 Å². The van der Waals surface area contributed by atoms with Crippen LogP contribution in [0.15, 0.2) is 102 Å². The zero-order valence-electron chi connectivity index (χ0n) is 23.8. The molecular formula is C34H32N3NaO4S2. The van der Waals surface area contributed by atoms with Crippen molar-refractivity contribution >= 4 is 65.2 Å². The van der Waals surface area contributed by atoms with Crippen molar-refractivity contribution in [3.8, 4) is 22.3 Å². The van der Waals surface area contributed by atoms with Gasteiger partial charge in [-0.25, -0.2) is 14.6 Å². The second-order valence-electron chi connectivity index (χ2n) is 10.4. The summed E-state index contributed by atoms with van der Waals surface area (Å²) in [6, 6.07) is 29.9. The molecular weight excluding hydrogens is 602 g/mol. The summed E-state index contributed by atoms with van der Waals surface area (Å²) < 4.78 is 1.92. The molecule has 0 fully saturated rings. The first-order valence-electron chi connectivity index (χ1n) is 13.8. The standard InChI is InChI=1S/C34H31N3O4S2.Na.H/c1-22(2)19-31-35-34(42-20-23-11-15-25(16-12-23)27-7-3-5-9-29(27)32(38)39)36-37(31)43-21-24-13-17-26(18-14-24)28-8-4-6-10-30(28)33(40)41;;/h3-18,22H,19-21H2,1-2H3,(H,38,39)(H,40,41);;. The Labute approximate surface area is 287 Å². The third-order valence-electron chi connectivity index (χ3n) is 6.78. The van der Waals surface area contributed by atoms with E-state index < -0.39 is 11.9 Å². The third-order valence-corrected chi connectivity index (χ3v) is 8.69. The van der Waals surface area contributed by atoms with Gasteiger partial charge in [-0.1, -0.05) is 111 Å². The first kappa shape index (κ1) is 33.6. The average Bonchev–Trinajstić information content (AvgIpc) is 3.40. The normalized spacial score (nSPS) is 10.9. The van der Waals surface area contributed by atoms with E-state index in [1.807, 2.05) is 76.9 Å². The first-order valence-corrected chi connectivity index (χ1v) is 15.8. The molecule has 7 nitrogen and oxygen atoms in total. The molecule has 10 heteroatoms. The quantitative estimate of drug-likeness (QED) is 0.107. The van der Waals surface area contributed by atoms with Crippen molar-refractivity contribution in [2.45, 2.75) is 36.9 Å². The van der Waals surface area contributed by atoms with Gasteiger partial charge in [0.2, 0.25) is 5.16 Å². The van der Waals surface area contributed by atoms with E-state index in [1.54, 1.807) is 48.0 Å². The summed E-state index contributed by atoms with van der Waals surface area (Å²) in [7, 11) is 0. The first-order chi connectivity index (χ1) is 20.8. The number of carboxylic acid groups (broad SMARTS) is 2. The van der Waals surface area contributed by atoms with Crippen LogP contribution in [0.4, 0.5) is 0 Å². The van der Waals surface area contributed by atoms with E-state index in [2.05, 4.69) is 13.8 Å². The number of benzene rings is 4. The summed E-state index contributed by atoms with van der Waals surface area (Å²) in [6.07, 6.45) is 0.809. The van der Waals surface area contributed by atoms with Gasteiger partial charge in [-0.2, -0.15) is 4.09 Å². The Morgan fingerprint density at radius 1 is 0.727 bits per heavy atom. The average molecular weight is 634 g/mol. The number of hydrogen-bond acceptors (Lipinski definition) is 6. The van der Waals surface area contributed by atoms with Gasteiger partial charge in [-0.15, -0.1) is 5.10 Å². The molecule has 44 heavy (non-hydrogen) atoms. The van der Waals surface area contributed by atoms with Gasteiger partial charge in [-0.05, 0) is 63.4 Å². The van der Waals surface area contributed by atoms with Crippen molar-refractivity contribution in [1.82, 2.24) is 14.2 Å². The van der Waals surface area contributed by atoms with Crippen LogP contribution in [0.25, 0.3) is 22.3 Å². The van der Waals surface area contributed by atoms with Crippen LogP contribution in [0.2, 0.25) is 0 Å². The van der Waals surface area contributed by atoms with Crippen LogP contribution in [0.3, 0.4) is 0 Å². The fourth-order valence-electron chi connectivity index (χ4n) is 4.65. The summed E-state index contributed by atoms with van der Waals surface area (Å²) >= 11 is 3.16. The maximum absolute atomic E-state index is 11.6. The fourth-order valence-corrected chi connectivity index (χ4v) is 6.36. The number of carbonyl (C=O) groups is 2. The number of thioether (sulfide) groups is 1. The Morgan fingerprint density at radius 2 is 1.20 bits per heavy atom. The fraction of sp³-hybridized carbons (Fsp3) is 0.176. The van der Waals surface area contributed by atoms with Gasteiger partial charge in [0.15, 0.2) is 0 Å². The van der Waals surface area contributed by atoms with Crippen molar-refractivity contribution in [1.29, 1.82) is 0 Å². The Morgan fingerprint density at radius 3 is 1.68 bits per heavy atom. The summed E-state index contributed by atoms with van der Waals surface area (Å²) in [4.78, 5) is 28.1. The van der Waals surface area contributed by atoms with Crippen LogP contribution < -0.4 is 0 Å². The molecule has 5 rings (SSSR count). The molecule has 0 aliphatic heterocycles. The predicted octanol–water partition coefficient (Wildman–Crippen LogP) is 7.55. The van der Waals surface area contributed by atoms with E-state index in [0.717, 1.165) is 34.5 Å². The maximum atomic E-state index is 11.6. The number of nitrogens with zero attached hydrogens (tertiary/aromatic N) is 3. The zero-order valence-corrected chi connectivity index (χ0v) is 25.4. The second-order valence-corrected chi connectivity index (χ2v) is 12.3. The Bertz CT molecular complexity index is 1740. The van der Waals surface area contributed by atoms with E-state index in [9.17, 15) is 19.8 Å². The molecule has 5 aromatic rings. The van der Waals surface area contributed by atoms with Gasteiger partial charge in [-0.3, -0.25) is 0 Å². The molecule has 0 radical (unpaired) electrons. The van der Waals surface area contributed by atoms with E-state index in [0.29, 0.717) is 33.7 Å². The van der Waals surface area contributed by atoms with Crippen LogP contribution in [0.5, 0.6) is 0 Å². The van der Waals surface area contributed by atoms with Gasteiger partial charge in [0.05, 0.1) is 11.1 Å².